The van der Waals surface area contributed by atoms with E-state index in [4.69, 9.17) is 0 Å². The molecule has 3 N–H and O–H groups in total. The van der Waals surface area contributed by atoms with Gasteiger partial charge in [0.2, 0.25) is 0 Å². The summed E-state index contributed by atoms with van der Waals surface area (Å²) in [4.78, 5) is 14.2. The number of H-pyrrole nitrogens is 1. The highest BCUT2D eigenvalue weighted by Gasteiger charge is 2.15. The number of hydrogen-bond acceptors (Lipinski definition) is 5. The van der Waals surface area contributed by atoms with Crippen LogP contribution in [0.1, 0.15) is 11.3 Å². The first-order valence-electron chi connectivity index (χ1n) is 8.11. The Labute approximate surface area is 141 Å². The number of aromatic amines is 1. The van der Waals surface area contributed by atoms with Gasteiger partial charge in [0.25, 0.3) is 0 Å². The van der Waals surface area contributed by atoms with Crippen LogP contribution in [0.3, 0.4) is 0 Å². The molecule has 1 aliphatic rings. The highest BCUT2D eigenvalue weighted by Crippen LogP contribution is 2.24. The molecule has 24 heavy (non-hydrogen) atoms. The quantitative estimate of drug-likeness (QED) is 0.689. The number of benzene rings is 1. The van der Waals surface area contributed by atoms with Gasteiger partial charge in [0.15, 0.2) is 0 Å². The second-order valence-corrected chi connectivity index (χ2v) is 5.93. The normalized spacial score (nSPS) is 14.5. The zero-order valence-electron chi connectivity index (χ0n) is 13.4. The van der Waals surface area contributed by atoms with Gasteiger partial charge in [-0.15, -0.1) is 0 Å². The van der Waals surface area contributed by atoms with E-state index in [2.05, 4.69) is 36.6 Å². The van der Waals surface area contributed by atoms with Gasteiger partial charge in [-0.3, -0.25) is 4.90 Å². The van der Waals surface area contributed by atoms with Crippen molar-refractivity contribution >= 4 is 17.2 Å². The van der Waals surface area contributed by atoms with Gasteiger partial charge in [0, 0.05) is 67.3 Å². The van der Waals surface area contributed by atoms with Gasteiger partial charge in [-0.2, -0.15) is 0 Å². The van der Waals surface area contributed by atoms with Crippen LogP contribution in [-0.4, -0.2) is 32.9 Å². The van der Waals surface area contributed by atoms with E-state index in [9.17, 15) is 0 Å². The summed E-state index contributed by atoms with van der Waals surface area (Å²) in [6.07, 6.45) is 5.56. The number of nitrogens with one attached hydrogen (secondary N) is 3. The third kappa shape index (κ3) is 3.38. The van der Waals surface area contributed by atoms with Crippen LogP contribution in [0.25, 0.3) is 0 Å². The molecule has 0 saturated carbocycles. The summed E-state index contributed by atoms with van der Waals surface area (Å²) < 4.78 is 0. The Morgan fingerprint density at radius 3 is 2.92 bits per heavy atom. The van der Waals surface area contributed by atoms with Gasteiger partial charge in [-0.1, -0.05) is 18.2 Å². The predicted molar refractivity (Wildman–Crippen MR) is 95.2 cm³/mol. The van der Waals surface area contributed by atoms with Gasteiger partial charge >= 0.3 is 0 Å². The van der Waals surface area contributed by atoms with Crippen LogP contribution in [0, 0.1) is 0 Å². The Bertz CT molecular complexity index is 785. The van der Waals surface area contributed by atoms with E-state index in [0.29, 0.717) is 0 Å². The highest BCUT2D eigenvalue weighted by atomic mass is 15.2. The van der Waals surface area contributed by atoms with E-state index in [-0.39, 0.29) is 0 Å². The van der Waals surface area contributed by atoms with Gasteiger partial charge in [-0.25, -0.2) is 9.97 Å². The van der Waals surface area contributed by atoms with Crippen molar-refractivity contribution in [2.24, 2.45) is 0 Å². The molecule has 1 aromatic carbocycles. The first-order valence-corrected chi connectivity index (χ1v) is 8.11. The number of pyridine rings is 1. The maximum Gasteiger partial charge on any atom is 0.132 e. The van der Waals surface area contributed by atoms with Crippen LogP contribution >= 0.6 is 0 Å². The lowest BCUT2D eigenvalue weighted by atomic mass is 10.2. The van der Waals surface area contributed by atoms with Gasteiger partial charge < -0.3 is 15.6 Å². The Morgan fingerprint density at radius 2 is 2.08 bits per heavy atom. The summed E-state index contributed by atoms with van der Waals surface area (Å²) in [5.41, 5.74) is 4.54. The van der Waals surface area contributed by atoms with E-state index in [0.717, 1.165) is 49.1 Å². The highest BCUT2D eigenvalue weighted by molar-refractivity contribution is 5.63. The lowest BCUT2D eigenvalue weighted by molar-refractivity contribution is 0.269. The molecular formula is C18H20N6. The number of fused-ring (bicyclic) bond motifs is 1. The Morgan fingerprint density at radius 1 is 1.17 bits per heavy atom. The van der Waals surface area contributed by atoms with Crippen LogP contribution in [-0.2, 0) is 13.1 Å². The molecule has 0 aliphatic carbocycles. The number of hydrogen-bond donors (Lipinski definition) is 3. The molecule has 6 nitrogen and oxygen atoms in total. The Balaban J connectivity index is 1.49. The van der Waals surface area contributed by atoms with Crippen molar-refractivity contribution in [3.63, 3.8) is 0 Å². The molecule has 4 rings (SSSR count). The molecular weight excluding hydrogens is 300 g/mol. The number of aromatic nitrogens is 3. The molecule has 2 aromatic heterocycles. The molecule has 0 unspecified atom stereocenters. The van der Waals surface area contributed by atoms with Gasteiger partial charge in [0.1, 0.15) is 5.82 Å². The maximum atomic E-state index is 4.56. The fourth-order valence-corrected chi connectivity index (χ4v) is 2.93. The van der Waals surface area contributed by atoms with Crippen molar-refractivity contribution in [3.8, 4) is 0 Å². The van der Waals surface area contributed by atoms with E-state index in [1.165, 1.54) is 5.56 Å². The minimum absolute atomic E-state index is 0.856. The lowest BCUT2D eigenvalue weighted by Crippen LogP contribution is -2.25. The second-order valence-electron chi connectivity index (χ2n) is 5.93. The number of para-hydroxylation sites is 1. The van der Waals surface area contributed by atoms with Crippen molar-refractivity contribution in [2.45, 2.75) is 13.1 Å². The number of anilines is 3. The van der Waals surface area contributed by atoms with Crippen LogP contribution in [0.15, 0.2) is 55.1 Å². The average molecular weight is 320 g/mol. The summed E-state index contributed by atoms with van der Waals surface area (Å²) in [5, 5.41) is 6.86. The molecule has 3 aromatic rings. The van der Waals surface area contributed by atoms with Crippen LogP contribution < -0.4 is 10.6 Å². The number of rotatable bonds is 4. The molecule has 122 valence electrons. The standard InChI is InChI=1S/C18H20N6/c1-2-4-15(5-3-1)23-18-8-17-14(9-21-18)11-24(7-6-20-17)12-16-10-19-13-22-16/h1-5,8-10,13,20H,6-7,11-12H2,(H,19,22)(H,21,23). The lowest BCUT2D eigenvalue weighted by Gasteiger charge is -2.18. The van der Waals surface area contributed by atoms with Crippen LogP contribution in [0.5, 0.6) is 0 Å². The zero-order chi connectivity index (χ0) is 16.2. The van der Waals surface area contributed by atoms with E-state index in [1.54, 1.807) is 6.33 Å². The van der Waals surface area contributed by atoms with E-state index in [1.807, 2.05) is 42.7 Å². The first-order chi connectivity index (χ1) is 11.9. The third-order valence-electron chi connectivity index (χ3n) is 4.12. The molecule has 1 aliphatic heterocycles. The zero-order valence-corrected chi connectivity index (χ0v) is 13.4. The van der Waals surface area contributed by atoms with Crippen molar-refractivity contribution in [3.05, 3.63) is 66.4 Å². The SMILES string of the molecule is c1ccc(Nc2cc3c(cn2)CN(Cc2cnc[nH]2)CCN3)cc1. The monoisotopic (exact) mass is 320 g/mol. The molecule has 3 heterocycles. The summed E-state index contributed by atoms with van der Waals surface area (Å²) in [5.74, 6) is 0.856. The van der Waals surface area contributed by atoms with E-state index < -0.39 is 0 Å². The topological polar surface area (TPSA) is 68.9 Å². The summed E-state index contributed by atoms with van der Waals surface area (Å²) >= 11 is 0. The first kappa shape index (κ1) is 14.7. The van der Waals surface area contributed by atoms with Crippen LogP contribution in [0.2, 0.25) is 0 Å². The minimum Gasteiger partial charge on any atom is -0.383 e. The maximum absolute atomic E-state index is 4.56. The summed E-state index contributed by atoms with van der Waals surface area (Å²) in [7, 11) is 0. The fraction of sp³-hybridized carbons (Fsp3) is 0.222. The fourth-order valence-electron chi connectivity index (χ4n) is 2.93. The molecule has 0 bridgehead atoms. The molecule has 0 saturated heterocycles. The van der Waals surface area contributed by atoms with Crippen LogP contribution in [0.4, 0.5) is 17.2 Å². The Hall–Kier alpha value is -2.86. The number of imidazole rings is 1. The smallest absolute Gasteiger partial charge is 0.132 e. The largest absolute Gasteiger partial charge is 0.383 e. The second kappa shape index (κ2) is 6.72. The minimum atomic E-state index is 0.856. The molecule has 0 spiro atoms. The van der Waals surface area contributed by atoms with Crippen molar-refractivity contribution in [2.75, 3.05) is 23.7 Å². The number of nitrogens with zero attached hydrogens (tertiary/aromatic N) is 3. The summed E-state index contributed by atoms with van der Waals surface area (Å²) in [6.45, 7) is 3.64. The van der Waals surface area contributed by atoms with Crippen molar-refractivity contribution in [1.82, 2.24) is 19.9 Å². The predicted octanol–water partition coefficient (Wildman–Crippen LogP) is 2.98. The van der Waals surface area contributed by atoms with Crippen molar-refractivity contribution < 1.29 is 0 Å². The third-order valence-corrected chi connectivity index (χ3v) is 4.12. The molecule has 0 radical (unpaired) electrons. The van der Waals surface area contributed by atoms with Gasteiger partial charge in [0.05, 0.1) is 6.33 Å². The summed E-state index contributed by atoms with van der Waals surface area (Å²) in [6, 6.07) is 12.2. The molecule has 0 amide bonds. The Kier molecular flexibility index (Phi) is 4.12. The van der Waals surface area contributed by atoms with E-state index >= 15 is 0 Å². The van der Waals surface area contributed by atoms with Crippen molar-refractivity contribution in [1.29, 1.82) is 0 Å². The molecule has 0 fully saturated rings. The molecule has 6 heteroatoms. The molecule has 0 atom stereocenters. The van der Waals surface area contributed by atoms with Gasteiger partial charge in [-0.05, 0) is 12.1 Å². The average Bonchev–Trinajstić information content (AvgIpc) is 3.02.